The number of hydrogen-bond acceptors (Lipinski definition) is 6. The maximum Gasteiger partial charge on any atom is 0.322 e. The van der Waals surface area contributed by atoms with Gasteiger partial charge in [0.1, 0.15) is 6.04 Å². The lowest BCUT2D eigenvalue weighted by Gasteiger charge is -2.15. The molecule has 1 rings (SSSR count). The normalized spacial score (nSPS) is 12.1. The van der Waals surface area contributed by atoms with Gasteiger partial charge in [0.05, 0.1) is 7.11 Å². The molecule has 1 unspecified atom stereocenters. The van der Waals surface area contributed by atoms with E-state index < -0.39 is 6.04 Å². The van der Waals surface area contributed by atoms with E-state index in [9.17, 15) is 4.79 Å². The number of carbonyl (C=O) groups excluding carboxylic acids is 1. The van der Waals surface area contributed by atoms with Crippen LogP contribution in [0.15, 0.2) is 0 Å². The maximum absolute atomic E-state index is 11.7. The van der Waals surface area contributed by atoms with Gasteiger partial charge in [-0.05, 0) is 32.4 Å². The molecule has 18 heavy (non-hydrogen) atoms. The summed E-state index contributed by atoms with van der Waals surface area (Å²) < 4.78 is 4.86. The zero-order valence-electron chi connectivity index (χ0n) is 10.7. The second-order valence-corrected chi connectivity index (χ2v) is 4.28. The molecular weight excluding hydrogens is 258 g/mol. The Morgan fingerprint density at radius 3 is 2.50 bits per heavy atom. The van der Waals surface area contributed by atoms with Crippen molar-refractivity contribution >= 4 is 23.5 Å². The van der Waals surface area contributed by atoms with E-state index in [-0.39, 0.29) is 29.2 Å². The predicted molar refractivity (Wildman–Crippen MR) is 67.8 cm³/mol. The second kappa shape index (κ2) is 6.34. The molecule has 0 spiro atoms. The Bertz CT molecular complexity index is 427. The first-order chi connectivity index (χ1) is 8.42. The summed E-state index contributed by atoms with van der Waals surface area (Å²) in [7, 11) is 1.42. The highest BCUT2D eigenvalue weighted by atomic mass is 35.5. The first-order valence-corrected chi connectivity index (χ1v) is 5.82. The summed E-state index contributed by atoms with van der Waals surface area (Å²) in [5, 5.41) is 5.59. The number of amides is 1. The van der Waals surface area contributed by atoms with Crippen LogP contribution in [0.1, 0.15) is 20.8 Å². The highest BCUT2D eigenvalue weighted by Crippen LogP contribution is 2.11. The van der Waals surface area contributed by atoms with Gasteiger partial charge in [-0.1, -0.05) is 0 Å². The molecular formula is C10H16ClN5O2. The molecule has 1 aromatic rings. The fourth-order valence-corrected chi connectivity index (χ4v) is 1.31. The van der Waals surface area contributed by atoms with E-state index in [4.69, 9.17) is 16.3 Å². The van der Waals surface area contributed by atoms with Crippen LogP contribution in [-0.4, -0.2) is 40.1 Å². The summed E-state index contributed by atoms with van der Waals surface area (Å²) in [6.45, 7) is 5.46. The average molecular weight is 274 g/mol. The molecule has 1 heterocycles. The van der Waals surface area contributed by atoms with Gasteiger partial charge < -0.3 is 15.4 Å². The van der Waals surface area contributed by atoms with Crippen LogP contribution in [0.4, 0.5) is 5.95 Å². The van der Waals surface area contributed by atoms with Crippen molar-refractivity contribution in [1.82, 2.24) is 20.3 Å². The number of aromatic nitrogens is 3. The lowest BCUT2D eigenvalue weighted by atomic mass is 10.3. The topological polar surface area (TPSA) is 89.0 Å². The van der Waals surface area contributed by atoms with Gasteiger partial charge in [-0.15, -0.1) is 0 Å². The molecule has 100 valence electrons. The summed E-state index contributed by atoms with van der Waals surface area (Å²) in [5.41, 5.74) is 0. The van der Waals surface area contributed by atoms with Gasteiger partial charge in [0, 0.05) is 6.04 Å². The van der Waals surface area contributed by atoms with Gasteiger partial charge in [-0.2, -0.15) is 15.0 Å². The van der Waals surface area contributed by atoms with Crippen molar-refractivity contribution in [3.63, 3.8) is 0 Å². The maximum atomic E-state index is 11.7. The van der Waals surface area contributed by atoms with Crippen LogP contribution in [-0.2, 0) is 4.79 Å². The lowest BCUT2D eigenvalue weighted by molar-refractivity contribution is -0.122. The zero-order valence-corrected chi connectivity index (χ0v) is 11.4. The molecule has 0 aromatic carbocycles. The molecule has 0 radical (unpaired) electrons. The summed E-state index contributed by atoms with van der Waals surface area (Å²) in [6.07, 6.45) is 0. The molecule has 2 N–H and O–H groups in total. The average Bonchev–Trinajstić information content (AvgIpc) is 2.27. The monoisotopic (exact) mass is 273 g/mol. The van der Waals surface area contributed by atoms with Gasteiger partial charge >= 0.3 is 6.01 Å². The Morgan fingerprint density at radius 2 is 1.94 bits per heavy atom. The molecule has 0 bridgehead atoms. The number of nitrogens with one attached hydrogen (secondary N) is 2. The molecule has 0 aliphatic rings. The third kappa shape index (κ3) is 4.33. The second-order valence-electron chi connectivity index (χ2n) is 3.94. The largest absolute Gasteiger partial charge is 0.467 e. The molecule has 0 fully saturated rings. The van der Waals surface area contributed by atoms with Crippen LogP contribution in [0, 0.1) is 0 Å². The summed E-state index contributed by atoms with van der Waals surface area (Å²) in [5.74, 6) is 0.0405. The van der Waals surface area contributed by atoms with Crippen LogP contribution >= 0.6 is 11.6 Å². The minimum Gasteiger partial charge on any atom is -0.467 e. The van der Waals surface area contributed by atoms with Crippen molar-refractivity contribution in [2.75, 3.05) is 12.4 Å². The Hall–Kier alpha value is -1.63. The van der Waals surface area contributed by atoms with Gasteiger partial charge in [-0.3, -0.25) is 4.79 Å². The van der Waals surface area contributed by atoms with Crippen LogP contribution in [0.2, 0.25) is 5.28 Å². The Labute approximate surface area is 110 Å². The Balaban J connectivity index is 2.72. The molecule has 1 atom stereocenters. The van der Waals surface area contributed by atoms with Gasteiger partial charge in [-0.25, -0.2) is 0 Å². The minimum atomic E-state index is -0.490. The minimum absolute atomic E-state index is 0.000757. The van der Waals surface area contributed by atoms with E-state index in [2.05, 4.69) is 25.6 Å². The third-order valence-electron chi connectivity index (χ3n) is 1.94. The molecule has 0 saturated carbocycles. The van der Waals surface area contributed by atoms with Crippen LogP contribution in [0.5, 0.6) is 6.01 Å². The Morgan fingerprint density at radius 1 is 1.28 bits per heavy atom. The van der Waals surface area contributed by atoms with Crippen molar-refractivity contribution < 1.29 is 9.53 Å². The first-order valence-electron chi connectivity index (χ1n) is 5.45. The van der Waals surface area contributed by atoms with Crippen molar-refractivity contribution in [3.05, 3.63) is 5.28 Å². The van der Waals surface area contributed by atoms with Gasteiger partial charge in [0.2, 0.25) is 17.1 Å². The first kappa shape index (κ1) is 14.4. The van der Waals surface area contributed by atoms with E-state index in [1.807, 2.05) is 13.8 Å². The number of anilines is 1. The number of nitrogens with zero attached hydrogens (tertiary/aromatic N) is 3. The van der Waals surface area contributed by atoms with Crippen molar-refractivity contribution in [2.45, 2.75) is 32.9 Å². The number of hydrogen-bond donors (Lipinski definition) is 2. The van der Waals surface area contributed by atoms with E-state index in [1.54, 1.807) is 6.92 Å². The number of ether oxygens (including phenoxy) is 1. The van der Waals surface area contributed by atoms with Crippen LogP contribution in [0.25, 0.3) is 0 Å². The highest BCUT2D eigenvalue weighted by molar-refractivity contribution is 6.28. The van der Waals surface area contributed by atoms with Gasteiger partial charge in [0.25, 0.3) is 0 Å². The van der Waals surface area contributed by atoms with Crippen LogP contribution < -0.4 is 15.4 Å². The van der Waals surface area contributed by atoms with E-state index in [0.717, 1.165) is 0 Å². The SMILES string of the molecule is COc1nc(Cl)nc(NC(C)C(=O)NC(C)C)n1. The molecule has 0 aliphatic carbocycles. The Kier molecular flexibility index (Phi) is 5.08. The predicted octanol–water partition coefficient (Wildman–Crippen LogP) is 0.859. The third-order valence-corrected chi connectivity index (χ3v) is 2.11. The smallest absolute Gasteiger partial charge is 0.322 e. The quantitative estimate of drug-likeness (QED) is 0.827. The number of rotatable bonds is 5. The molecule has 1 aromatic heterocycles. The van der Waals surface area contributed by atoms with Crippen molar-refractivity contribution in [2.24, 2.45) is 0 Å². The molecule has 0 aliphatic heterocycles. The summed E-state index contributed by atoms with van der Waals surface area (Å²) in [4.78, 5) is 23.2. The van der Waals surface area contributed by atoms with Crippen molar-refractivity contribution in [1.29, 1.82) is 0 Å². The fraction of sp³-hybridized carbons (Fsp3) is 0.600. The number of carbonyl (C=O) groups is 1. The molecule has 7 nitrogen and oxygen atoms in total. The molecule has 8 heteroatoms. The summed E-state index contributed by atoms with van der Waals surface area (Å²) in [6, 6.07) is -0.331. The van der Waals surface area contributed by atoms with E-state index in [1.165, 1.54) is 7.11 Å². The van der Waals surface area contributed by atoms with Gasteiger partial charge in [0.15, 0.2) is 0 Å². The number of methoxy groups -OCH3 is 1. The zero-order chi connectivity index (χ0) is 13.7. The van der Waals surface area contributed by atoms with Crippen molar-refractivity contribution in [3.8, 4) is 6.01 Å². The highest BCUT2D eigenvalue weighted by Gasteiger charge is 2.15. The van der Waals surface area contributed by atoms with E-state index in [0.29, 0.717) is 0 Å². The fourth-order valence-electron chi connectivity index (χ4n) is 1.16. The standard InChI is InChI=1S/C10H16ClN5O2/c1-5(2)12-7(17)6(3)13-9-14-8(11)15-10(16-9)18-4/h5-6H,1-4H3,(H,12,17)(H,13,14,15,16). The number of halogens is 1. The van der Waals surface area contributed by atoms with Crippen LogP contribution in [0.3, 0.4) is 0 Å². The summed E-state index contributed by atoms with van der Waals surface area (Å²) >= 11 is 5.69. The lowest BCUT2D eigenvalue weighted by Crippen LogP contribution is -2.41. The van der Waals surface area contributed by atoms with E-state index >= 15 is 0 Å². The molecule has 1 amide bonds. The molecule has 0 saturated heterocycles.